The molecule has 1 saturated heterocycles. The fourth-order valence-corrected chi connectivity index (χ4v) is 2.68. The predicted molar refractivity (Wildman–Crippen MR) is 92.1 cm³/mol. The van der Waals surface area contributed by atoms with Gasteiger partial charge in [0.05, 0.1) is 30.2 Å². The Hall–Kier alpha value is -2.44. The van der Waals surface area contributed by atoms with E-state index < -0.39 is 0 Å². The Kier molecular flexibility index (Phi) is 6.28. The first-order valence-electron chi connectivity index (χ1n) is 8.30. The highest BCUT2D eigenvalue weighted by Gasteiger charge is 2.23. The highest BCUT2D eigenvalue weighted by Crippen LogP contribution is 2.24. The standard InChI is InChI=1S/C17H25N3O4/c1-3-23-16(21)12-5-6-15(14(18)11-12)19-13-7-9-20(10-8-13)17(22)24-4-2/h5-6,11,13,19H,3-4,7-10,18H2,1-2H3. The summed E-state index contributed by atoms with van der Waals surface area (Å²) in [6.07, 6.45) is 1.38. The Morgan fingerprint density at radius 3 is 2.46 bits per heavy atom. The average molecular weight is 335 g/mol. The number of amides is 1. The van der Waals surface area contributed by atoms with Crippen molar-refractivity contribution in [3.8, 4) is 0 Å². The van der Waals surface area contributed by atoms with E-state index in [0.717, 1.165) is 18.5 Å². The Morgan fingerprint density at radius 2 is 1.88 bits per heavy atom. The van der Waals surface area contributed by atoms with Gasteiger partial charge in [0, 0.05) is 19.1 Å². The number of carbonyl (C=O) groups excluding carboxylic acids is 2. The summed E-state index contributed by atoms with van der Waals surface area (Å²) in [5, 5.41) is 3.38. The van der Waals surface area contributed by atoms with E-state index in [1.54, 1.807) is 36.9 Å². The van der Waals surface area contributed by atoms with Gasteiger partial charge in [0.2, 0.25) is 0 Å². The lowest BCUT2D eigenvalue weighted by Crippen LogP contribution is -2.42. The highest BCUT2D eigenvalue weighted by atomic mass is 16.6. The summed E-state index contributed by atoms with van der Waals surface area (Å²) in [5.74, 6) is -0.376. The molecule has 0 bridgehead atoms. The molecule has 0 aliphatic carbocycles. The van der Waals surface area contributed by atoms with Crippen LogP contribution < -0.4 is 11.1 Å². The third-order valence-electron chi connectivity index (χ3n) is 3.94. The van der Waals surface area contributed by atoms with E-state index in [-0.39, 0.29) is 18.1 Å². The van der Waals surface area contributed by atoms with Crippen molar-refractivity contribution in [3.05, 3.63) is 23.8 Å². The number of rotatable bonds is 5. The summed E-state index contributed by atoms with van der Waals surface area (Å²) >= 11 is 0. The van der Waals surface area contributed by atoms with Crippen LogP contribution in [0.2, 0.25) is 0 Å². The van der Waals surface area contributed by atoms with Gasteiger partial charge in [0.15, 0.2) is 0 Å². The topological polar surface area (TPSA) is 93.9 Å². The van der Waals surface area contributed by atoms with Gasteiger partial charge in [-0.05, 0) is 44.9 Å². The van der Waals surface area contributed by atoms with E-state index in [9.17, 15) is 9.59 Å². The summed E-state index contributed by atoms with van der Waals surface area (Å²) in [7, 11) is 0. The van der Waals surface area contributed by atoms with Crippen LogP contribution in [0.3, 0.4) is 0 Å². The van der Waals surface area contributed by atoms with Crippen molar-refractivity contribution in [3.63, 3.8) is 0 Å². The lowest BCUT2D eigenvalue weighted by molar-refractivity contribution is 0.0526. The molecule has 1 amide bonds. The number of nitrogens with two attached hydrogens (primary N) is 1. The largest absolute Gasteiger partial charge is 0.462 e. The lowest BCUT2D eigenvalue weighted by Gasteiger charge is -2.32. The molecule has 1 fully saturated rings. The number of anilines is 2. The van der Waals surface area contributed by atoms with Crippen LogP contribution >= 0.6 is 0 Å². The first-order chi connectivity index (χ1) is 11.5. The van der Waals surface area contributed by atoms with Crippen LogP contribution in [0.4, 0.5) is 16.2 Å². The van der Waals surface area contributed by atoms with Crippen LogP contribution in [-0.4, -0.2) is 49.3 Å². The molecule has 1 aromatic rings. The molecule has 7 nitrogen and oxygen atoms in total. The fourth-order valence-electron chi connectivity index (χ4n) is 2.68. The second-order valence-corrected chi connectivity index (χ2v) is 5.63. The number of nitrogen functional groups attached to an aromatic ring is 1. The van der Waals surface area contributed by atoms with Crippen molar-refractivity contribution in [1.29, 1.82) is 0 Å². The zero-order chi connectivity index (χ0) is 17.5. The Morgan fingerprint density at radius 1 is 1.21 bits per heavy atom. The number of hydrogen-bond donors (Lipinski definition) is 2. The van der Waals surface area contributed by atoms with Gasteiger partial charge in [0.1, 0.15) is 0 Å². The Balaban J connectivity index is 1.91. The number of benzene rings is 1. The number of hydrogen-bond acceptors (Lipinski definition) is 6. The minimum atomic E-state index is -0.376. The zero-order valence-corrected chi connectivity index (χ0v) is 14.2. The number of carbonyl (C=O) groups is 2. The molecule has 7 heteroatoms. The van der Waals surface area contributed by atoms with Crippen LogP contribution in [0.25, 0.3) is 0 Å². The lowest BCUT2D eigenvalue weighted by atomic mass is 10.0. The maximum atomic E-state index is 11.7. The molecule has 1 aliphatic rings. The van der Waals surface area contributed by atoms with Gasteiger partial charge < -0.3 is 25.4 Å². The summed E-state index contributed by atoms with van der Waals surface area (Å²) < 4.78 is 9.97. The number of nitrogens with one attached hydrogen (secondary N) is 1. The second kappa shape index (κ2) is 8.42. The maximum Gasteiger partial charge on any atom is 0.409 e. The van der Waals surface area contributed by atoms with E-state index in [1.165, 1.54) is 0 Å². The van der Waals surface area contributed by atoms with Crippen molar-refractivity contribution >= 4 is 23.4 Å². The zero-order valence-electron chi connectivity index (χ0n) is 14.2. The van der Waals surface area contributed by atoms with Gasteiger partial charge >= 0.3 is 12.1 Å². The maximum absolute atomic E-state index is 11.7. The van der Waals surface area contributed by atoms with Gasteiger partial charge in [-0.3, -0.25) is 0 Å². The number of likely N-dealkylation sites (tertiary alicyclic amines) is 1. The first-order valence-corrected chi connectivity index (χ1v) is 8.30. The molecule has 1 heterocycles. The average Bonchev–Trinajstić information content (AvgIpc) is 2.57. The third-order valence-corrected chi connectivity index (χ3v) is 3.94. The number of nitrogens with zero attached hydrogens (tertiary/aromatic N) is 1. The molecule has 1 aromatic carbocycles. The normalized spacial score (nSPS) is 15.0. The minimum absolute atomic E-state index is 0.228. The number of ether oxygens (including phenoxy) is 2. The minimum Gasteiger partial charge on any atom is -0.462 e. The quantitative estimate of drug-likeness (QED) is 0.634. The van der Waals surface area contributed by atoms with Gasteiger partial charge in [-0.2, -0.15) is 0 Å². The molecule has 24 heavy (non-hydrogen) atoms. The molecule has 0 saturated carbocycles. The monoisotopic (exact) mass is 335 g/mol. The van der Waals surface area contributed by atoms with Gasteiger partial charge in [-0.15, -0.1) is 0 Å². The molecular formula is C17H25N3O4. The van der Waals surface area contributed by atoms with E-state index in [4.69, 9.17) is 15.2 Å². The van der Waals surface area contributed by atoms with Gasteiger partial charge in [-0.1, -0.05) is 0 Å². The first kappa shape index (κ1) is 17.9. The Labute approximate surface area is 142 Å². The van der Waals surface area contributed by atoms with E-state index in [1.807, 2.05) is 0 Å². The molecule has 0 radical (unpaired) electrons. The van der Waals surface area contributed by atoms with E-state index in [0.29, 0.717) is 37.6 Å². The van der Waals surface area contributed by atoms with Crippen LogP contribution in [0.5, 0.6) is 0 Å². The molecule has 0 spiro atoms. The molecule has 132 valence electrons. The van der Waals surface area contributed by atoms with Crippen molar-refractivity contribution in [2.45, 2.75) is 32.7 Å². The second-order valence-electron chi connectivity index (χ2n) is 5.63. The number of piperidine rings is 1. The summed E-state index contributed by atoms with van der Waals surface area (Å²) in [5.41, 5.74) is 7.77. The summed E-state index contributed by atoms with van der Waals surface area (Å²) in [4.78, 5) is 25.1. The van der Waals surface area contributed by atoms with Crippen LogP contribution in [0.15, 0.2) is 18.2 Å². The van der Waals surface area contributed by atoms with Crippen LogP contribution in [0.1, 0.15) is 37.0 Å². The van der Waals surface area contributed by atoms with E-state index >= 15 is 0 Å². The predicted octanol–water partition coefficient (Wildman–Crippen LogP) is 2.48. The molecule has 0 unspecified atom stereocenters. The van der Waals surface area contributed by atoms with Crippen molar-refractivity contribution in [2.75, 3.05) is 37.4 Å². The summed E-state index contributed by atoms with van der Waals surface area (Å²) in [6, 6.07) is 5.34. The van der Waals surface area contributed by atoms with Crippen molar-refractivity contribution < 1.29 is 19.1 Å². The number of esters is 1. The smallest absolute Gasteiger partial charge is 0.409 e. The van der Waals surface area contributed by atoms with Crippen molar-refractivity contribution in [2.24, 2.45) is 0 Å². The Bertz CT molecular complexity index is 583. The molecule has 2 rings (SSSR count). The summed E-state index contributed by atoms with van der Waals surface area (Å²) in [6.45, 7) is 5.58. The molecule has 3 N–H and O–H groups in total. The fraction of sp³-hybridized carbons (Fsp3) is 0.529. The molecule has 0 aromatic heterocycles. The molecular weight excluding hydrogens is 310 g/mol. The molecule has 1 aliphatic heterocycles. The SMILES string of the molecule is CCOC(=O)c1ccc(NC2CCN(C(=O)OCC)CC2)c(N)c1. The third kappa shape index (κ3) is 4.53. The van der Waals surface area contributed by atoms with Crippen molar-refractivity contribution in [1.82, 2.24) is 4.90 Å². The highest BCUT2D eigenvalue weighted by molar-refractivity contribution is 5.92. The van der Waals surface area contributed by atoms with Gasteiger partial charge in [-0.25, -0.2) is 9.59 Å². The van der Waals surface area contributed by atoms with Crippen LogP contribution in [-0.2, 0) is 9.47 Å². The van der Waals surface area contributed by atoms with Gasteiger partial charge in [0.25, 0.3) is 0 Å². The molecule has 0 atom stereocenters. The van der Waals surface area contributed by atoms with E-state index in [2.05, 4.69) is 5.32 Å². The van der Waals surface area contributed by atoms with Crippen LogP contribution in [0, 0.1) is 0 Å².